The Morgan fingerprint density at radius 3 is 1.25 bits per heavy atom. The minimum Gasteiger partial charge on any atom is -1.00 e. The molecule has 0 saturated heterocycles. The van der Waals surface area contributed by atoms with Crippen LogP contribution in [0.25, 0.3) is 0 Å². The maximum atomic E-state index is 2.60. The average molecular weight is 411 g/mol. The first-order valence-corrected chi connectivity index (χ1v) is 13.9. The molecule has 0 aromatic rings. The van der Waals surface area contributed by atoms with Gasteiger partial charge < -0.3 is 24.8 Å². The second-order valence-corrected chi connectivity index (χ2v) is 17.2. The summed E-state index contributed by atoms with van der Waals surface area (Å²) in [5.41, 5.74) is 6.27. The van der Waals surface area contributed by atoms with Gasteiger partial charge in [0.2, 0.25) is 0 Å². The fourth-order valence-electron chi connectivity index (χ4n) is 3.46. The van der Waals surface area contributed by atoms with Gasteiger partial charge in [-0.1, -0.05) is 0 Å². The van der Waals surface area contributed by atoms with Gasteiger partial charge in [-0.25, -0.2) is 0 Å². The molecular formula is C16H28Cl2SiZr. The molecule has 0 aromatic heterocycles. The van der Waals surface area contributed by atoms with E-state index in [-0.39, 0.29) is 35.8 Å². The van der Waals surface area contributed by atoms with Gasteiger partial charge in [0.05, 0.1) is 0 Å². The molecule has 0 saturated carbocycles. The molecule has 2 aliphatic rings. The average Bonchev–Trinajstić information content (AvgIpc) is 2.70. The molecule has 0 radical (unpaired) electrons. The first-order chi connectivity index (χ1) is 7.82. The first-order valence-electron chi connectivity index (χ1n) is 6.57. The van der Waals surface area contributed by atoms with Crippen molar-refractivity contribution in [3.8, 4) is 0 Å². The Hall–Kier alpha value is 0.640. The Balaban J connectivity index is 0. The van der Waals surface area contributed by atoms with Gasteiger partial charge in [-0.3, -0.25) is 0 Å². The van der Waals surface area contributed by atoms with Crippen LogP contribution in [-0.2, 0) is 20.3 Å². The summed E-state index contributed by atoms with van der Waals surface area (Å²) in [6.07, 6.45) is 7.31. The predicted octanol–water partition coefficient (Wildman–Crippen LogP) is -1.96. The molecule has 0 heterocycles. The van der Waals surface area contributed by atoms with Crippen LogP contribution in [0.4, 0.5) is 0 Å². The number of rotatable bonds is 2. The van der Waals surface area contributed by atoms with Crippen molar-refractivity contribution in [2.24, 2.45) is 0 Å². The quantitative estimate of drug-likeness (QED) is 0.464. The summed E-state index contributed by atoms with van der Waals surface area (Å²) < 4.78 is 8.86. The van der Waals surface area contributed by atoms with E-state index in [0.29, 0.717) is 0 Å². The molecule has 114 valence electrons. The number of hydrogen-bond acceptors (Lipinski definition) is 0. The fraction of sp³-hybridized carbons (Fsp3) is 0.500. The molecule has 0 fully saturated rings. The number of allylic oxidation sites excluding steroid dienone is 8. The number of hydrogen-bond donors (Lipinski definition) is 0. The monoisotopic (exact) mass is 408 g/mol. The third-order valence-electron chi connectivity index (χ3n) is 4.30. The van der Waals surface area contributed by atoms with E-state index in [1.54, 1.807) is 22.3 Å². The topological polar surface area (TPSA) is 0 Å². The molecule has 0 atom stereocenters. The van der Waals surface area contributed by atoms with E-state index in [4.69, 9.17) is 0 Å². The maximum absolute atomic E-state index is 2.60. The van der Waals surface area contributed by atoms with Crippen LogP contribution in [0.5, 0.6) is 0 Å². The Bertz CT molecular complexity index is 453. The molecule has 0 amide bonds. The summed E-state index contributed by atoms with van der Waals surface area (Å²) in [6.45, 7) is 9.18. The summed E-state index contributed by atoms with van der Waals surface area (Å²) in [4.78, 5) is 0. The Morgan fingerprint density at radius 2 is 1.05 bits per heavy atom. The van der Waals surface area contributed by atoms with E-state index >= 15 is 0 Å². The SMILES string of the molecule is CC1=CC(C)=[C]([Zr+2]([CH3])([CH3])[C]2=C(C)C=C(C)C2)C1.[Cl-].[Cl-].[SiH4]. The molecule has 2 rings (SSSR count). The molecule has 2 aliphatic carbocycles. The van der Waals surface area contributed by atoms with Crippen molar-refractivity contribution < 1.29 is 45.1 Å². The van der Waals surface area contributed by atoms with Gasteiger partial charge in [-0.15, -0.1) is 0 Å². The molecular weight excluding hydrogens is 382 g/mol. The van der Waals surface area contributed by atoms with E-state index in [1.165, 1.54) is 12.8 Å². The molecule has 0 aliphatic heterocycles. The van der Waals surface area contributed by atoms with Crippen LogP contribution in [0, 0.1) is 0 Å². The minimum atomic E-state index is -2.22. The molecule has 20 heavy (non-hydrogen) atoms. The van der Waals surface area contributed by atoms with Gasteiger partial charge >= 0.3 is 111 Å². The summed E-state index contributed by atoms with van der Waals surface area (Å²) in [7, 11) is 0. The van der Waals surface area contributed by atoms with Crippen LogP contribution in [-0.4, -0.2) is 11.0 Å². The van der Waals surface area contributed by atoms with Crippen LogP contribution in [0.1, 0.15) is 40.5 Å². The van der Waals surface area contributed by atoms with Gasteiger partial charge in [0.15, 0.2) is 0 Å². The van der Waals surface area contributed by atoms with Gasteiger partial charge in [0, 0.05) is 0 Å². The summed E-state index contributed by atoms with van der Waals surface area (Å²) in [6, 6.07) is 0. The molecule has 0 aromatic carbocycles. The van der Waals surface area contributed by atoms with Crippen molar-refractivity contribution in [3.05, 3.63) is 41.0 Å². The van der Waals surface area contributed by atoms with Crippen LogP contribution in [0.2, 0.25) is 9.26 Å². The molecule has 0 spiro atoms. The maximum Gasteiger partial charge on any atom is -0.0149 e. The zero-order valence-corrected chi connectivity index (χ0v) is 16.8. The van der Waals surface area contributed by atoms with Gasteiger partial charge in [-0.05, 0) is 11.0 Å². The third kappa shape index (κ3) is 4.32. The Labute approximate surface area is 146 Å². The van der Waals surface area contributed by atoms with Crippen molar-refractivity contribution in [1.82, 2.24) is 0 Å². The van der Waals surface area contributed by atoms with E-state index < -0.39 is 20.3 Å². The largest absolute Gasteiger partial charge is 1.00 e. The minimum absolute atomic E-state index is 0. The first kappa shape index (κ1) is 22.9. The van der Waals surface area contributed by atoms with Crippen LogP contribution in [0.15, 0.2) is 41.0 Å². The molecule has 0 unspecified atom stereocenters. The van der Waals surface area contributed by atoms with E-state index in [2.05, 4.69) is 49.1 Å². The molecule has 0 nitrogen and oxygen atoms in total. The Morgan fingerprint density at radius 1 is 0.750 bits per heavy atom. The predicted molar refractivity (Wildman–Crippen MR) is 85.2 cm³/mol. The van der Waals surface area contributed by atoms with Gasteiger partial charge in [0.25, 0.3) is 0 Å². The van der Waals surface area contributed by atoms with Gasteiger partial charge in [-0.2, -0.15) is 0 Å². The van der Waals surface area contributed by atoms with Crippen molar-refractivity contribution in [1.29, 1.82) is 0 Å². The summed E-state index contributed by atoms with van der Waals surface area (Å²) in [5, 5.41) is 0. The smallest absolute Gasteiger partial charge is 0.0149 e. The third-order valence-corrected chi connectivity index (χ3v) is 14.5. The normalized spacial score (nSPS) is 17.3. The van der Waals surface area contributed by atoms with Crippen LogP contribution >= 0.6 is 0 Å². The second-order valence-electron chi connectivity index (χ2n) is 6.28. The second kappa shape index (κ2) is 8.32. The zero-order valence-electron chi connectivity index (χ0n) is 12.8. The van der Waals surface area contributed by atoms with E-state index in [9.17, 15) is 0 Å². The van der Waals surface area contributed by atoms with Crippen molar-refractivity contribution in [2.75, 3.05) is 0 Å². The fourth-order valence-corrected chi connectivity index (χ4v) is 13.1. The van der Waals surface area contributed by atoms with E-state index in [1.807, 2.05) is 6.56 Å². The standard InChI is InChI=1S/2C7H9.2CH3.2ClH.H4Si.Zr/c2*1-6-3-4-7(2)5-6;;;;;;/h2*5H,3H2,1-2H3;2*1H3;2*1H;1H4;/q;;;;;;;+2/p-2. The van der Waals surface area contributed by atoms with Crippen LogP contribution in [0.3, 0.4) is 0 Å². The number of halogens is 2. The van der Waals surface area contributed by atoms with Crippen molar-refractivity contribution in [2.45, 2.75) is 49.8 Å². The van der Waals surface area contributed by atoms with Crippen molar-refractivity contribution in [3.63, 3.8) is 0 Å². The summed E-state index contributed by atoms with van der Waals surface area (Å²) in [5.74, 6) is 0. The Kier molecular flexibility index (Phi) is 9.53. The van der Waals surface area contributed by atoms with E-state index in [0.717, 1.165) is 0 Å². The molecule has 0 N–H and O–H groups in total. The van der Waals surface area contributed by atoms with Crippen molar-refractivity contribution >= 4 is 11.0 Å². The molecule has 0 bridgehead atoms. The van der Waals surface area contributed by atoms with Gasteiger partial charge in [0.1, 0.15) is 0 Å². The molecule has 4 heteroatoms. The zero-order chi connectivity index (χ0) is 12.8. The summed E-state index contributed by atoms with van der Waals surface area (Å²) >= 11 is -2.22. The van der Waals surface area contributed by atoms with Crippen LogP contribution < -0.4 is 24.8 Å².